The number of nitrogens with zero attached hydrogens (tertiary/aromatic N) is 2. The summed E-state index contributed by atoms with van der Waals surface area (Å²) in [7, 11) is 0. The maximum atomic E-state index is 12.6. The number of hydrogen-bond acceptors (Lipinski definition) is 2. The van der Waals surface area contributed by atoms with Crippen LogP contribution in [-0.4, -0.2) is 41.6 Å². The van der Waals surface area contributed by atoms with Gasteiger partial charge in [-0.1, -0.05) is 18.2 Å². The van der Waals surface area contributed by atoms with Gasteiger partial charge in [0.15, 0.2) is 0 Å². The Kier molecular flexibility index (Phi) is 3.35. The van der Waals surface area contributed by atoms with E-state index in [1.54, 1.807) is 11.8 Å². The molecule has 1 aromatic rings. The first-order valence-corrected chi connectivity index (χ1v) is 7.39. The Balaban J connectivity index is 1.70. The van der Waals surface area contributed by atoms with Crippen molar-refractivity contribution in [3.8, 4) is 0 Å². The van der Waals surface area contributed by atoms with Crippen molar-refractivity contribution in [2.75, 3.05) is 24.5 Å². The van der Waals surface area contributed by atoms with Crippen LogP contribution in [0.4, 0.5) is 10.5 Å². The molecule has 112 valence electrons. The minimum Gasteiger partial charge on any atom is -0.481 e. The number of benzene rings is 1. The molecule has 0 saturated carbocycles. The third-order valence-electron chi connectivity index (χ3n) is 4.77. The number of hydrogen-bond donors (Lipinski definition) is 1. The topological polar surface area (TPSA) is 60.9 Å². The van der Waals surface area contributed by atoms with Crippen LogP contribution in [0.25, 0.3) is 0 Å². The SMILES string of the molecule is CC1(C(=O)O)CCN(C(=O)N2CCc3ccccc32)CC1. The molecule has 2 aliphatic rings. The van der Waals surface area contributed by atoms with Crippen LogP contribution >= 0.6 is 0 Å². The molecule has 2 amide bonds. The average Bonchev–Trinajstić information content (AvgIpc) is 2.91. The van der Waals surface area contributed by atoms with E-state index in [0.717, 1.165) is 12.1 Å². The maximum absolute atomic E-state index is 12.6. The number of carboxylic acid groups (broad SMARTS) is 1. The summed E-state index contributed by atoms with van der Waals surface area (Å²) in [5.74, 6) is -0.763. The number of likely N-dealkylation sites (tertiary alicyclic amines) is 1. The summed E-state index contributed by atoms with van der Waals surface area (Å²) in [6.45, 7) is 3.51. The molecule has 0 aromatic heterocycles. The number of carboxylic acids is 1. The molecule has 3 rings (SSSR count). The van der Waals surface area contributed by atoms with Crippen molar-refractivity contribution in [3.05, 3.63) is 29.8 Å². The highest BCUT2D eigenvalue weighted by Crippen LogP contribution is 2.33. The second kappa shape index (κ2) is 5.06. The number of anilines is 1. The molecule has 5 heteroatoms. The van der Waals surface area contributed by atoms with Gasteiger partial charge in [0.05, 0.1) is 5.41 Å². The van der Waals surface area contributed by atoms with E-state index in [4.69, 9.17) is 0 Å². The highest BCUT2D eigenvalue weighted by molar-refractivity contribution is 5.94. The number of rotatable bonds is 1. The Morgan fingerprint density at radius 2 is 1.81 bits per heavy atom. The van der Waals surface area contributed by atoms with E-state index in [0.29, 0.717) is 32.5 Å². The molecular formula is C16H20N2O3. The number of piperidine rings is 1. The fraction of sp³-hybridized carbons (Fsp3) is 0.500. The summed E-state index contributed by atoms with van der Waals surface area (Å²) < 4.78 is 0. The molecule has 1 aromatic carbocycles. The lowest BCUT2D eigenvalue weighted by atomic mass is 9.80. The first-order valence-electron chi connectivity index (χ1n) is 7.39. The van der Waals surface area contributed by atoms with E-state index in [1.807, 2.05) is 23.1 Å². The Bertz CT molecular complexity index is 577. The second-order valence-electron chi connectivity index (χ2n) is 6.17. The van der Waals surface area contributed by atoms with Gasteiger partial charge in [-0.15, -0.1) is 0 Å². The third kappa shape index (κ3) is 2.37. The summed E-state index contributed by atoms with van der Waals surface area (Å²) in [6.07, 6.45) is 1.93. The standard InChI is InChI=1S/C16H20N2O3/c1-16(14(19)20)7-10-17(11-8-16)15(21)18-9-6-12-4-2-3-5-13(12)18/h2-5H,6-11H2,1H3,(H,19,20). The van der Waals surface area contributed by atoms with Gasteiger partial charge in [0.1, 0.15) is 0 Å². The molecule has 5 nitrogen and oxygen atoms in total. The monoisotopic (exact) mass is 288 g/mol. The van der Waals surface area contributed by atoms with Gasteiger partial charge in [-0.3, -0.25) is 9.69 Å². The van der Waals surface area contributed by atoms with Gasteiger partial charge in [-0.2, -0.15) is 0 Å². The predicted molar refractivity (Wildman–Crippen MR) is 79.4 cm³/mol. The van der Waals surface area contributed by atoms with Gasteiger partial charge in [0.25, 0.3) is 0 Å². The fourth-order valence-electron chi connectivity index (χ4n) is 3.11. The van der Waals surface area contributed by atoms with Crippen molar-refractivity contribution >= 4 is 17.7 Å². The average molecular weight is 288 g/mol. The number of fused-ring (bicyclic) bond motifs is 1. The summed E-state index contributed by atoms with van der Waals surface area (Å²) in [5, 5.41) is 9.25. The highest BCUT2D eigenvalue weighted by Gasteiger charge is 2.39. The normalized spacial score (nSPS) is 20.2. The molecule has 0 aliphatic carbocycles. The maximum Gasteiger partial charge on any atom is 0.324 e. The van der Waals surface area contributed by atoms with Crippen LogP contribution in [0.5, 0.6) is 0 Å². The van der Waals surface area contributed by atoms with Gasteiger partial charge in [0.2, 0.25) is 0 Å². The first kappa shape index (κ1) is 13.9. The van der Waals surface area contributed by atoms with Crippen LogP contribution < -0.4 is 4.90 Å². The van der Waals surface area contributed by atoms with Gasteiger partial charge in [-0.25, -0.2) is 4.79 Å². The molecule has 0 spiro atoms. The molecule has 1 fully saturated rings. The number of urea groups is 1. The molecular weight excluding hydrogens is 268 g/mol. The van der Waals surface area contributed by atoms with Crippen LogP contribution in [-0.2, 0) is 11.2 Å². The highest BCUT2D eigenvalue weighted by atomic mass is 16.4. The van der Waals surface area contributed by atoms with Crippen molar-refractivity contribution < 1.29 is 14.7 Å². The number of aliphatic carboxylic acids is 1. The quantitative estimate of drug-likeness (QED) is 0.863. The zero-order valence-electron chi connectivity index (χ0n) is 12.2. The second-order valence-corrected chi connectivity index (χ2v) is 6.17. The van der Waals surface area contributed by atoms with Crippen molar-refractivity contribution in [2.24, 2.45) is 5.41 Å². The van der Waals surface area contributed by atoms with Crippen LogP contribution in [0.1, 0.15) is 25.3 Å². The smallest absolute Gasteiger partial charge is 0.324 e. The minimum absolute atomic E-state index is 0.00684. The first-order chi connectivity index (χ1) is 10.0. The summed E-state index contributed by atoms with van der Waals surface area (Å²) in [4.78, 5) is 27.5. The molecule has 0 radical (unpaired) electrons. The van der Waals surface area contributed by atoms with Crippen LogP contribution in [0, 0.1) is 5.41 Å². The molecule has 1 N–H and O–H groups in total. The number of para-hydroxylation sites is 1. The third-order valence-corrected chi connectivity index (χ3v) is 4.77. The predicted octanol–water partition coefficient (Wildman–Crippen LogP) is 2.36. The van der Waals surface area contributed by atoms with Gasteiger partial charge >= 0.3 is 12.0 Å². The molecule has 0 unspecified atom stereocenters. The zero-order chi connectivity index (χ0) is 15.0. The van der Waals surface area contributed by atoms with Crippen LogP contribution in [0.3, 0.4) is 0 Å². The lowest BCUT2D eigenvalue weighted by molar-refractivity contribution is -0.150. The van der Waals surface area contributed by atoms with Crippen molar-refractivity contribution in [1.29, 1.82) is 0 Å². The van der Waals surface area contributed by atoms with Gasteiger partial charge < -0.3 is 10.0 Å². The van der Waals surface area contributed by atoms with Gasteiger partial charge in [0, 0.05) is 25.3 Å². The van der Waals surface area contributed by atoms with E-state index in [9.17, 15) is 14.7 Å². The zero-order valence-corrected chi connectivity index (χ0v) is 12.2. The Hall–Kier alpha value is -2.04. The minimum atomic E-state index is -0.763. The van der Waals surface area contributed by atoms with Crippen LogP contribution in [0.2, 0.25) is 0 Å². The van der Waals surface area contributed by atoms with Crippen molar-refractivity contribution in [3.63, 3.8) is 0 Å². The lowest BCUT2D eigenvalue weighted by Gasteiger charge is -2.38. The Labute approximate surface area is 124 Å². The van der Waals surface area contributed by atoms with E-state index < -0.39 is 11.4 Å². The fourth-order valence-corrected chi connectivity index (χ4v) is 3.11. The molecule has 1 saturated heterocycles. The largest absolute Gasteiger partial charge is 0.481 e. The lowest BCUT2D eigenvalue weighted by Crippen LogP contribution is -2.49. The van der Waals surface area contributed by atoms with Gasteiger partial charge in [-0.05, 0) is 37.8 Å². The van der Waals surface area contributed by atoms with Crippen molar-refractivity contribution in [1.82, 2.24) is 4.90 Å². The number of carbonyl (C=O) groups is 2. The molecule has 2 heterocycles. The molecule has 2 aliphatic heterocycles. The number of amides is 2. The Morgan fingerprint density at radius 1 is 1.14 bits per heavy atom. The van der Waals surface area contributed by atoms with E-state index in [1.165, 1.54) is 5.56 Å². The molecule has 0 atom stereocenters. The Morgan fingerprint density at radius 3 is 2.48 bits per heavy atom. The summed E-state index contributed by atoms with van der Waals surface area (Å²) in [6, 6.07) is 7.98. The summed E-state index contributed by atoms with van der Waals surface area (Å²) in [5.41, 5.74) is 1.51. The number of carbonyl (C=O) groups excluding carboxylic acids is 1. The molecule has 21 heavy (non-hydrogen) atoms. The van der Waals surface area contributed by atoms with E-state index in [2.05, 4.69) is 6.07 Å². The summed E-state index contributed by atoms with van der Waals surface area (Å²) >= 11 is 0. The molecule has 0 bridgehead atoms. The van der Waals surface area contributed by atoms with Crippen molar-refractivity contribution in [2.45, 2.75) is 26.2 Å². The van der Waals surface area contributed by atoms with Crippen LogP contribution in [0.15, 0.2) is 24.3 Å². The van der Waals surface area contributed by atoms with E-state index >= 15 is 0 Å². The van der Waals surface area contributed by atoms with E-state index in [-0.39, 0.29) is 6.03 Å².